The molecule has 1 aromatic heterocycles. The molecule has 0 saturated heterocycles. The molecule has 1 heterocycles. The number of hydrogen-bond donors (Lipinski definition) is 2. The molecule has 0 atom stereocenters. The number of ether oxygens (including phenoxy) is 1. The van der Waals surface area contributed by atoms with Crippen LogP contribution in [-0.4, -0.2) is 32.3 Å². The molecular weight excluding hydrogens is 286 g/mol. The largest absolute Gasteiger partial charge is 0.391 e. The number of aliphatic hydroxyl groups excluding tert-OH is 1. The minimum absolute atomic E-state index is 0.0402. The van der Waals surface area contributed by atoms with E-state index in [0.29, 0.717) is 11.5 Å². The molecule has 0 aromatic carbocycles. The van der Waals surface area contributed by atoms with E-state index in [4.69, 9.17) is 9.84 Å². The highest BCUT2D eigenvalue weighted by atomic mass is 32.2. The number of thiophene rings is 1. The zero-order chi connectivity index (χ0) is 14.0. The van der Waals surface area contributed by atoms with Crippen LogP contribution in [0.25, 0.3) is 0 Å². The summed E-state index contributed by atoms with van der Waals surface area (Å²) >= 11 is 1.12. The molecule has 0 radical (unpaired) electrons. The summed E-state index contributed by atoms with van der Waals surface area (Å²) in [6.07, 6.45) is 1.63. The van der Waals surface area contributed by atoms with Gasteiger partial charge >= 0.3 is 0 Å². The van der Waals surface area contributed by atoms with Crippen molar-refractivity contribution >= 4 is 21.4 Å². The lowest BCUT2D eigenvalue weighted by Gasteiger charge is -2.34. The van der Waals surface area contributed by atoms with Gasteiger partial charge in [-0.1, -0.05) is 0 Å². The Morgan fingerprint density at radius 2 is 2.21 bits per heavy atom. The van der Waals surface area contributed by atoms with Crippen LogP contribution in [0, 0.1) is 6.92 Å². The Labute approximate surface area is 117 Å². The van der Waals surface area contributed by atoms with E-state index in [0.717, 1.165) is 29.7 Å². The van der Waals surface area contributed by atoms with Crippen LogP contribution in [0.1, 0.15) is 30.2 Å². The van der Waals surface area contributed by atoms with E-state index >= 15 is 0 Å². The van der Waals surface area contributed by atoms with E-state index in [2.05, 4.69) is 4.72 Å². The average Bonchev–Trinajstić information content (AvgIpc) is 2.68. The van der Waals surface area contributed by atoms with Gasteiger partial charge in [0.25, 0.3) is 0 Å². The van der Waals surface area contributed by atoms with Crippen LogP contribution in [0.2, 0.25) is 0 Å². The van der Waals surface area contributed by atoms with E-state index in [-0.39, 0.29) is 23.0 Å². The average molecular weight is 305 g/mol. The zero-order valence-corrected chi connectivity index (χ0v) is 12.7. The monoisotopic (exact) mass is 305 g/mol. The van der Waals surface area contributed by atoms with E-state index in [1.165, 1.54) is 0 Å². The van der Waals surface area contributed by atoms with Gasteiger partial charge in [-0.2, -0.15) is 0 Å². The Balaban J connectivity index is 1.99. The second-order valence-electron chi connectivity index (χ2n) is 4.70. The molecule has 2 N–H and O–H groups in total. The van der Waals surface area contributed by atoms with Gasteiger partial charge in [0.05, 0.1) is 12.7 Å². The van der Waals surface area contributed by atoms with Crippen molar-refractivity contribution < 1.29 is 18.3 Å². The van der Waals surface area contributed by atoms with Crippen molar-refractivity contribution in [1.29, 1.82) is 0 Å². The lowest BCUT2D eigenvalue weighted by Crippen LogP contribution is -2.47. The van der Waals surface area contributed by atoms with Crippen molar-refractivity contribution in [3.8, 4) is 0 Å². The van der Waals surface area contributed by atoms with Crippen LogP contribution in [0.15, 0.2) is 10.3 Å². The summed E-state index contributed by atoms with van der Waals surface area (Å²) in [5, 5.41) is 9.11. The highest BCUT2D eigenvalue weighted by Crippen LogP contribution is 2.29. The van der Waals surface area contributed by atoms with Crippen LogP contribution in [-0.2, 0) is 21.4 Å². The quantitative estimate of drug-likeness (QED) is 0.833. The van der Waals surface area contributed by atoms with E-state index in [1.54, 1.807) is 13.0 Å². The number of aliphatic hydroxyl groups is 1. The Morgan fingerprint density at radius 1 is 1.53 bits per heavy atom. The van der Waals surface area contributed by atoms with Crippen molar-refractivity contribution in [2.24, 2.45) is 0 Å². The second-order valence-corrected chi connectivity index (χ2v) is 7.77. The van der Waals surface area contributed by atoms with E-state index in [1.807, 2.05) is 6.92 Å². The molecule has 1 aliphatic rings. The molecule has 1 saturated carbocycles. The van der Waals surface area contributed by atoms with Gasteiger partial charge in [-0.15, -0.1) is 11.3 Å². The summed E-state index contributed by atoms with van der Waals surface area (Å²) in [5.41, 5.74) is 0.814. The first kappa shape index (κ1) is 14.9. The molecule has 1 aliphatic carbocycles. The Hall–Kier alpha value is -0.470. The maximum atomic E-state index is 12.2. The Kier molecular flexibility index (Phi) is 4.62. The molecule has 5 nitrogen and oxygen atoms in total. The number of aryl methyl sites for hydroxylation is 1. The molecule has 0 bridgehead atoms. The van der Waals surface area contributed by atoms with Gasteiger partial charge in [0.1, 0.15) is 4.21 Å². The summed E-state index contributed by atoms with van der Waals surface area (Å²) in [5.74, 6) is 0. The number of nitrogens with one attached hydrogen (secondary N) is 1. The predicted molar refractivity (Wildman–Crippen MR) is 73.7 cm³/mol. The van der Waals surface area contributed by atoms with Crippen LogP contribution in [0.5, 0.6) is 0 Å². The van der Waals surface area contributed by atoms with Crippen LogP contribution in [0.3, 0.4) is 0 Å². The summed E-state index contributed by atoms with van der Waals surface area (Å²) in [6, 6.07) is 1.57. The van der Waals surface area contributed by atoms with Gasteiger partial charge < -0.3 is 9.84 Å². The van der Waals surface area contributed by atoms with Gasteiger partial charge in [0.15, 0.2) is 0 Å². The lowest BCUT2D eigenvalue weighted by molar-refractivity contribution is -0.00474. The molecule has 0 aliphatic heterocycles. The van der Waals surface area contributed by atoms with Crippen molar-refractivity contribution in [3.05, 3.63) is 16.5 Å². The standard InChI is InChI=1S/C12H19NO4S2/c1-3-17-10-5-9(6-10)13-19(15,16)12-4-8(2)11(7-14)18-12/h4,9-10,13-14H,3,5-7H2,1-2H3. The number of sulfonamides is 1. The SMILES string of the molecule is CCOC1CC(NS(=O)(=O)c2cc(C)c(CO)s2)C1. The summed E-state index contributed by atoms with van der Waals surface area (Å²) in [4.78, 5) is 0.696. The van der Waals surface area contributed by atoms with Crippen LogP contribution in [0.4, 0.5) is 0 Å². The molecular formula is C12H19NO4S2. The topological polar surface area (TPSA) is 75.6 Å². The minimum Gasteiger partial charge on any atom is -0.391 e. The fraction of sp³-hybridized carbons (Fsp3) is 0.667. The highest BCUT2D eigenvalue weighted by molar-refractivity contribution is 7.91. The molecule has 0 unspecified atom stereocenters. The maximum absolute atomic E-state index is 12.2. The van der Waals surface area contributed by atoms with Crippen molar-refractivity contribution in [2.75, 3.05) is 6.61 Å². The van der Waals surface area contributed by atoms with Gasteiger partial charge in [0, 0.05) is 17.5 Å². The van der Waals surface area contributed by atoms with Gasteiger partial charge in [-0.25, -0.2) is 13.1 Å². The van der Waals surface area contributed by atoms with Crippen molar-refractivity contribution in [3.63, 3.8) is 0 Å². The normalized spacial score (nSPS) is 23.3. The van der Waals surface area contributed by atoms with Gasteiger partial charge in [-0.05, 0) is 38.3 Å². The first-order valence-electron chi connectivity index (χ1n) is 6.30. The van der Waals surface area contributed by atoms with Gasteiger partial charge in [0.2, 0.25) is 10.0 Å². The fourth-order valence-electron chi connectivity index (χ4n) is 2.09. The fourth-order valence-corrected chi connectivity index (χ4v) is 4.82. The second kappa shape index (κ2) is 5.88. The predicted octanol–water partition coefficient (Wildman–Crippen LogP) is 1.39. The highest BCUT2D eigenvalue weighted by Gasteiger charge is 2.33. The third-order valence-corrected chi connectivity index (χ3v) is 6.44. The number of rotatable bonds is 6. The molecule has 108 valence electrons. The first-order chi connectivity index (χ1) is 8.96. The van der Waals surface area contributed by atoms with Crippen molar-refractivity contribution in [1.82, 2.24) is 4.72 Å². The Morgan fingerprint density at radius 3 is 2.74 bits per heavy atom. The van der Waals surface area contributed by atoms with Crippen LogP contribution < -0.4 is 4.72 Å². The zero-order valence-electron chi connectivity index (χ0n) is 11.0. The summed E-state index contributed by atoms with van der Waals surface area (Å²) in [7, 11) is -3.47. The molecule has 1 fully saturated rings. The van der Waals surface area contributed by atoms with Crippen LogP contribution >= 0.6 is 11.3 Å². The summed E-state index contributed by atoms with van der Waals surface area (Å²) < 4.78 is 32.7. The lowest BCUT2D eigenvalue weighted by atomic mass is 9.90. The molecule has 0 amide bonds. The van der Waals surface area contributed by atoms with E-state index in [9.17, 15) is 8.42 Å². The van der Waals surface area contributed by atoms with Gasteiger partial charge in [-0.3, -0.25) is 0 Å². The third-order valence-electron chi connectivity index (χ3n) is 3.23. The van der Waals surface area contributed by atoms with Crippen molar-refractivity contribution in [2.45, 2.75) is 49.7 Å². The first-order valence-corrected chi connectivity index (χ1v) is 8.60. The smallest absolute Gasteiger partial charge is 0.250 e. The molecule has 19 heavy (non-hydrogen) atoms. The third kappa shape index (κ3) is 3.35. The molecule has 2 rings (SSSR count). The molecule has 0 spiro atoms. The number of hydrogen-bond acceptors (Lipinski definition) is 5. The van der Waals surface area contributed by atoms with E-state index < -0.39 is 10.0 Å². The molecule has 7 heteroatoms. The Bertz CT molecular complexity index is 532. The molecule has 1 aromatic rings. The minimum atomic E-state index is -3.47. The maximum Gasteiger partial charge on any atom is 0.250 e. The summed E-state index contributed by atoms with van der Waals surface area (Å²) in [6.45, 7) is 4.27.